The molecule has 4 heteroatoms. The van der Waals surface area contributed by atoms with Crippen LogP contribution in [0.3, 0.4) is 0 Å². The minimum absolute atomic E-state index is 0.293. The summed E-state index contributed by atoms with van der Waals surface area (Å²) in [6.45, 7) is 0. The second-order valence-corrected chi connectivity index (χ2v) is 2.97. The van der Waals surface area contributed by atoms with Gasteiger partial charge in [0.1, 0.15) is 17.8 Å². The third-order valence-electron chi connectivity index (χ3n) is 1.46. The molecule has 58 valence electrons. The first-order chi connectivity index (χ1) is 4.72. The Morgan fingerprint density at radius 2 is 2.30 bits per heavy atom. The zero-order valence-corrected chi connectivity index (χ0v) is 6.33. The van der Waals surface area contributed by atoms with Crippen LogP contribution < -0.4 is 0 Å². The van der Waals surface area contributed by atoms with Gasteiger partial charge >= 0.3 is 0 Å². The fourth-order valence-corrected chi connectivity index (χ4v) is 1.40. The number of rotatable bonds is 1. The van der Waals surface area contributed by atoms with E-state index in [-0.39, 0.29) is 5.44 Å². The lowest BCUT2D eigenvalue weighted by atomic mass is 10.1. The lowest BCUT2D eigenvalue weighted by Gasteiger charge is -2.27. The molecule has 0 aromatic heterocycles. The van der Waals surface area contributed by atoms with E-state index < -0.39 is 12.2 Å². The van der Waals surface area contributed by atoms with Crippen LogP contribution in [0.5, 0.6) is 0 Å². The summed E-state index contributed by atoms with van der Waals surface area (Å²) in [6.07, 6.45) is 0.706. The summed E-state index contributed by atoms with van der Waals surface area (Å²) >= 11 is 3.99. The third-order valence-corrected chi connectivity index (χ3v) is 1.79. The van der Waals surface area contributed by atoms with Crippen molar-refractivity contribution in [2.24, 2.45) is 0 Å². The largest absolute Gasteiger partial charge is 0.393 e. The number of aliphatic hydroxyl groups is 1. The molecule has 0 aromatic carbocycles. The van der Waals surface area contributed by atoms with Crippen molar-refractivity contribution in [1.29, 1.82) is 0 Å². The SMILES string of the molecule is O=CC1CC(O)CC(S)O1. The normalized spacial score (nSPS) is 41.2. The Morgan fingerprint density at radius 1 is 1.60 bits per heavy atom. The molecule has 1 saturated heterocycles. The minimum Gasteiger partial charge on any atom is -0.393 e. The summed E-state index contributed by atoms with van der Waals surface area (Å²) < 4.78 is 5.04. The van der Waals surface area contributed by atoms with E-state index in [0.717, 1.165) is 0 Å². The highest BCUT2D eigenvalue weighted by Gasteiger charge is 2.25. The monoisotopic (exact) mass is 162 g/mol. The van der Waals surface area contributed by atoms with Crippen LogP contribution in [0.1, 0.15) is 12.8 Å². The molecule has 0 amide bonds. The van der Waals surface area contributed by atoms with Crippen LogP contribution in [0.15, 0.2) is 0 Å². The summed E-state index contributed by atoms with van der Waals surface area (Å²) in [6, 6.07) is 0. The van der Waals surface area contributed by atoms with Gasteiger partial charge in [0.2, 0.25) is 0 Å². The van der Waals surface area contributed by atoms with Gasteiger partial charge in [-0.2, -0.15) is 0 Å². The summed E-state index contributed by atoms with van der Waals surface area (Å²) in [5, 5.41) is 9.09. The van der Waals surface area contributed by atoms with Crippen LogP contribution in [-0.2, 0) is 9.53 Å². The van der Waals surface area contributed by atoms with Gasteiger partial charge in [0.05, 0.1) is 6.10 Å². The fourth-order valence-electron chi connectivity index (χ4n) is 0.998. The average molecular weight is 162 g/mol. The van der Waals surface area contributed by atoms with Crippen molar-refractivity contribution >= 4 is 18.9 Å². The van der Waals surface area contributed by atoms with Crippen molar-refractivity contribution in [3.8, 4) is 0 Å². The number of ether oxygens (including phenoxy) is 1. The highest BCUT2D eigenvalue weighted by atomic mass is 32.1. The van der Waals surface area contributed by atoms with Crippen LogP contribution in [0.25, 0.3) is 0 Å². The first kappa shape index (κ1) is 8.04. The maximum absolute atomic E-state index is 10.2. The Kier molecular flexibility index (Phi) is 2.71. The molecule has 1 N–H and O–H groups in total. The van der Waals surface area contributed by atoms with Gasteiger partial charge in [-0.05, 0) is 0 Å². The molecule has 3 unspecified atom stereocenters. The number of hydrogen-bond donors (Lipinski definition) is 2. The van der Waals surface area contributed by atoms with E-state index in [1.54, 1.807) is 0 Å². The van der Waals surface area contributed by atoms with Crippen molar-refractivity contribution in [2.45, 2.75) is 30.5 Å². The summed E-state index contributed by atoms with van der Waals surface area (Å²) in [4.78, 5) is 10.2. The highest BCUT2D eigenvalue weighted by molar-refractivity contribution is 7.80. The molecule has 0 aromatic rings. The Balaban J connectivity index is 2.42. The number of hydrogen-bond acceptors (Lipinski definition) is 4. The summed E-state index contributed by atoms with van der Waals surface area (Å²) in [5.74, 6) is 0. The summed E-state index contributed by atoms with van der Waals surface area (Å²) in [5.41, 5.74) is -0.293. The molecule has 0 bridgehead atoms. The zero-order chi connectivity index (χ0) is 7.56. The molecule has 1 fully saturated rings. The van der Waals surface area contributed by atoms with Crippen LogP contribution >= 0.6 is 12.6 Å². The molecular formula is C6H10O3S. The molecule has 1 aliphatic heterocycles. The molecule has 3 nitrogen and oxygen atoms in total. The molecule has 1 heterocycles. The van der Waals surface area contributed by atoms with Crippen molar-refractivity contribution < 1.29 is 14.6 Å². The van der Waals surface area contributed by atoms with Crippen LogP contribution in [-0.4, -0.2) is 29.0 Å². The molecule has 0 spiro atoms. The minimum atomic E-state index is -0.466. The van der Waals surface area contributed by atoms with Crippen molar-refractivity contribution in [1.82, 2.24) is 0 Å². The van der Waals surface area contributed by atoms with E-state index in [2.05, 4.69) is 12.6 Å². The van der Waals surface area contributed by atoms with E-state index in [0.29, 0.717) is 19.1 Å². The molecule has 1 aliphatic rings. The van der Waals surface area contributed by atoms with Crippen LogP contribution in [0, 0.1) is 0 Å². The van der Waals surface area contributed by atoms with Gasteiger partial charge in [-0.25, -0.2) is 0 Å². The molecule has 0 saturated carbocycles. The van der Waals surface area contributed by atoms with Gasteiger partial charge in [0, 0.05) is 12.8 Å². The number of aliphatic hydroxyl groups excluding tert-OH is 1. The molecule has 3 atom stereocenters. The van der Waals surface area contributed by atoms with Gasteiger partial charge in [-0.15, -0.1) is 12.6 Å². The van der Waals surface area contributed by atoms with E-state index in [4.69, 9.17) is 9.84 Å². The zero-order valence-electron chi connectivity index (χ0n) is 5.43. The number of carbonyl (C=O) groups excluding carboxylic acids is 1. The molecule has 1 rings (SSSR count). The standard InChI is InChI=1S/C6H10O3S/c7-3-5-1-4(8)2-6(10)9-5/h3-6,8,10H,1-2H2. The second kappa shape index (κ2) is 3.37. The van der Waals surface area contributed by atoms with Gasteiger partial charge in [-0.3, -0.25) is 0 Å². The maximum Gasteiger partial charge on any atom is 0.148 e. The predicted octanol–water partition coefficient (Wildman–Crippen LogP) is -0.0189. The van der Waals surface area contributed by atoms with Gasteiger partial charge in [0.25, 0.3) is 0 Å². The topological polar surface area (TPSA) is 46.5 Å². The predicted molar refractivity (Wildman–Crippen MR) is 39.0 cm³/mol. The molecular weight excluding hydrogens is 152 g/mol. The van der Waals surface area contributed by atoms with E-state index in [1.807, 2.05) is 0 Å². The highest BCUT2D eigenvalue weighted by Crippen LogP contribution is 2.20. The first-order valence-corrected chi connectivity index (χ1v) is 3.71. The third kappa shape index (κ3) is 1.97. The second-order valence-electron chi connectivity index (χ2n) is 2.39. The Hall–Kier alpha value is -0.0600. The van der Waals surface area contributed by atoms with E-state index in [9.17, 15) is 4.79 Å². The van der Waals surface area contributed by atoms with Gasteiger partial charge < -0.3 is 14.6 Å². The maximum atomic E-state index is 10.2. The Labute approximate surface area is 64.8 Å². The molecule has 0 radical (unpaired) electrons. The Bertz CT molecular complexity index is 118. The quantitative estimate of drug-likeness (QED) is 0.421. The lowest BCUT2D eigenvalue weighted by molar-refractivity contribution is -0.127. The lowest BCUT2D eigenvalue weighted by Crippen LogP contribution is -2.33. The molecule has 0 aliphatic carbocycles. The first-order valence-electron chi connectivity index (χ1n) is 3.19. The average Bonchev–Trinajstić information content (AvgIpc) is 1.85. The number of carbonyl (C=O) groups is 1. The number of thiol groups is 1. The van der Waals surface area contributed by atoms with E-state index >= 15 is 0 Å². The van der Waals surface area contributed by atoms with Gasteiger partial charge in [0.15, 0.2) is 0 Å². The van der Waals surface area contributed by atoms with E-state index in [1.165, 1.54) is 0 Å². The van der Waals surface area contributed by atoms with Crippen LogP contribution in [0.4, 0.5) is 0 Å². The smallest absolute Gasteiger partial charge is 0.148 e. The molecule has 10 heavy (non-hydrogen) atoms. The summed E-state index contributed by atoms with van der Waals surface area (Å²) in [7, 11) is 0. The van der Waals surface area contributed by atoms with Gasteiger partial charge in [-0.1, -0.05) is 0 Å². The fraction of sp³-hybridized carbons (Fsp3) is 0.833. The van der Waals surface area contributed by atoms with Crippen molar-refractivity contribution in [2.75, 3.05) is 0 Å². The van der Waals surface area contributed by atoms with Crippen molar-refractivity contribution in [3.63, 3.8) is 0 Å². The number of aldehydes is 1. The van der Waals surface area contributed by atoms with Crippen LogP contribution in [0.2, 0.25) is 0 Å². The van der Waals surface area contributed by atoms with Crippen molar-refractivity contribution in [3.05, 3.63) is 0 Å². The Morgan fingerprint density at radius 3 is 2.80 bits per heavy atom.